The lowest BCUT2D eigenvalue weighted by Gasteiger charge is -2.01. The number of benzene rings is 1. The third kappa shape index (κ3) is 3.18. The van der Waals surface area contributed by atoms with E-state index in [1.807, 2.05) is 23.7 Å². The Balaban J connectivity index is 1.41. The molecule has 0 unspecified atom stereocenters. The molecule has 1 aromatic carbocycles. The summed E-state index contributed by atoms with van der Waals surface area (Å²) in [5.74, 6) is 2.43. The second-order valence-corrected chi connectivity index (χ2v) is 7.00. The summed E-state index contributed by atoms with van der Waals surface area (Å²) in [6, 6.07) is 6.04. The van der Waals surface area contributed by atoms with Crippen molar-refractivity contribution in [2.45, 2.75) is 17.3 Å². The molecule has 3 heterocycles. The number of hydrogen-bond donors (Lipinski definition) is 0. The van der Waals surface area contributed by atoms with Crippen molar-refractivity contribution in [1.29, 1.82) is 0 Å². The van der Waals surface area contributed by atoms with E-state index in [2.05, 4.69) is 21.6 Å². The van der Waals surface area contributed by atoms with Crippen LogP contribution in [-0.4, -0.2) is 26.5 Å². The van der Waals surface area contributed by atoms with Crippen LogP contribution in [0.2, 0.25) is 0 Å². The van der Waals surface area contributed by atoms with Gasteiger partial charge in [0.15, 0.2) is 16.7 Å². The van der Waals surface area contributed by atoms with E-state index in [1.165, 1.54) is 5.56 Å². The SMILES string of the molecule is Cn1cnnc1SCc1csc(Cc2ccc3c(c2)OCO3)n1. The number of rotatable bonds is 5. The Hall–Kier alpha value is -2.06. The maximum atomic E-state index is 5.42. The minimum absolute atomic E-state index is 0.305. The highest BCUT2D eigenvalue weighted by atomic mass is 32.2. The Morgan fingerprint density at radius 2 is 2.22 bits per heavy atom. The predicted octanol–water partition coefficient (Wildman–Crippen LogP) is 2.88. The maximum Gasteiger partial charge on any atom is 0.231 e. The minimum atomic E-state index is 0.305. The van der Waals surface area contributed by atoms with Gasteiger partial charge in [-0.25, -0.2) is 4.98 Å². The van der Waals surface area contributed by atoms with E-state index >= 15 is 0 Å². The fourth-order valence-electron chi connectivity index (χ4n) is 2.26. The van der Waals surface area contributed by atoms with Crippen molar-refractivity contribution in [3.05, 3.63) is 46.2 Å². The highest BCUT2D eigenvalue weighted by Gasteiger charge is 2.14. The molecule has 1 aliphatic rings. The molecule has 8 heteroatoms. The summed E-state index contributed by atoms with van der Waals surface area (Å²) < 4.78 is 12.7. The molecular formula is C15H14N4O2S2. The monoisotopic (exact) mass is 346 g/mol. The van der Waals surface area contributed by atoms with Crippen molar-refractivity contribution >= 4 is 23.1 Å². The smallest absolute Gasteiger partial charge is 0.231 e. The fourth-order valence-corrected chi connectivity index (χ4v) is 3.98. The highest BCUT2D eigenvalue weighted by molar-refractivity contribution is 7.98. The van der Waals surface area contributed by atoms with E-state index in [0.717, 1.165) is 39.5 Å². The average molecular weight is 346 g/mol. The van der Waals surface area contributed by atoms with E-state index in [4.69, 9.17) is 14.5 Å². The summed E-state index contributed by atoms with van der Waals surface area (Å²) in [6.07, 6.45) is 2.50. The minimum Gasteiger partial charge on any atom is -0.454 e. The third-order valence-electron chi connectivity index (χ3n) is 3.41. The quantitative estimate of drug-likeness (QED) is 0.662. The van der Waals surface area contributed by atoms with Gasteiger partial charge in [0.2, 0.25) is 6.79 Å². The van der Waals surface area contributed by atoms with Gasteiger partial charge in [0.05, 0.1) is 10.7 Å². The normalized spacial score (nSPS) is 12.7. The third-order valence-corrected chi connectivity index (χ3v) is 5.38. The van der Waals surface area contributed by atoms with Crippen LogP contribution >= 0.6 is 23.1 Å². The Bertz CT molecular complexity index is 831. The number of thiazole rings is 1. The number of aromatic nitrogens is 4. The molecule has 6 nitrogen and oxygen atoms in total. The number of aryl methyl sites for hydroxylation is 1. The van der Waals surface area contributed by atoms with Crippen LogP contribution in [-0.2, 0) is 19.2 Å². The molecular weight excluding hydrogens is 332 g/mol. The second kappa shape index (κ2) is 6.21. The van der Waals surface area contributed by atoms with Crippen LogP contribution in [0.5, 0.6) is 11.5 Å². The van der Waals surface area contributed by atoms with Gasteiger partial charge in [-0.15, -0.1) is 21.5 Å². The van der Waals surface area contributed by atoms with E-state index in [1.54, 1.807) is 29.4 Å². The maximum absolute atomic E-state index is 5.42. The summed E-state index contributed by atoms with van der Waals surface area (Å²) in [5.41, 5.74) is 2.25. The van der Waals surface area contributed by atoms with Crippen LogP contribution in [0.4, 0.5) is 0 Å². The van der Waals surface area contributed by atoms with Gasteiger partial charge in [-0.05, 0) is 17.7 Å². The van der Waals surface area contributed by atoms with Gasteiger partial charge in [-0.1, -0.05) is 17.8 Å². The zero-order valence-electron chi connectivity index (χ0n) is 12.4. The zero-order valence-corrected chi connectivity index (χ0v) is 14.1. The topological polar surface area (TPSA) is 62.1 Å². The number of thioether (sulfide) groups is 1. The van der Waals surface area contributed by atoms with Gasteiger partial charge in [-0.3, -0.25) is 0 Å². The first-order valence-electron chi connectivity index (χ1n) is 7.06. The van der Waals surface area contributed by atoms with Gasteiger partial charge in [0.1, 0.15) is 6.33 Å². The van der Waals surface area contributed by atoms with E-state index in [-0.39, 0.29) is 0 Å². The van der Waals surface area contributed by atoms with Crippen LogP contribution in [0.15, 0.2) is 35.1 Å². The molecule has 0 radical (unpaired) electrons. The summed E-state index contributed by atoms with van der Waals surface area (Å²) in [5, 5.41) is 12.0. The van der Waals surface area contributed by atoms with Crippen LogP contribution in [0, 0.1) is 0 Å². The molecule has 118 valence electrons. The first-order chi connectivity index (χ1) is 11.3. The van der Waals surface area contributed by atoms with Gasteiger partial charge in [0, 0.05) is 24.6 Å². The van der Waals surface area contributed by atoms with Crippen LogP contribution in [0.3, 0.4) is 0 Å². The molecule has 2 aromatic heterocycles. The number of nitrogens with zero attached hydrogens (tertiary/aromatic N) is 4. The molecule has 1 aliphatic heterocycles. The molecule has 0 spiro atoms. The van der Waals surface area contributed by atoms with Crippen molar-refractivity contribution in [2.75, 3.05) is 6.79 Å². The number of fused-ring (bicyclic) bond motifs is 1. The van der Waals surface area contributed by atoms with Crippen molar-refractivity contribution in [2.24, 2.45) is 7.05 Å². The first kappa shape index (κ1) is 14.5. The zero-order chi connectivity index (χ0) is 15.6. The summed E-state index contributed by atoms with van der Waals surface area (Å²) >= 11 is 3.32. The summed E-state index contributed by atoms with van der Waals surface area (Å²) in [6.45, 7) is 0.305. The van der Waals surface area contributed by atoms with E-state index in [9.17, 15) is 0 Å². The van der Waals surface area contributed by atoms with Crippen LogP contribution < -0.4 is 9.47 Å². The van der Waals surface area contributed by atoms with Crippen LogP contribution in [0.1, 0.15) is 16.3 Å². The van der Waals surface area contributed by atoms with Crippen LogP contribution in [0.25, 0.3) is 0 Å². The number of ether oxygens (including phenoxy) is 2. The van der Waals surface area contributed by atoms with Gasteiger partial charge >= 0.3 is 0 Å². The molecule has 0 atom stereocenters. The largest absolute Gasteiger partial charge is 0.454 e. The van der Waals surface area contributed by atoms with Crippen molar-refractivity contribution < 1.29 is 9.47 Å². The molecule has 0 N–H and O–H groups in total. The lowest BCUT2D eigenvalue weighted by Crippen LogP contribution is -1.93. The molecule has 0 bridgehead atoms. The Labute approximate surface area is 141 Å². The van der Waals surface area contributed by atoms with Gasteiger partial charge in [0.25, 0.3) is 0 Å². The van der Waals surface area contributed by atoms with E-state index in [0.29, 0.717) is 6.79 Å². The van der Waals surface area contributed by atoms with E-state index < -0.39 is 0 Å². The Morgan fingerprint density at radius 1 is 1.30 bits per heavy atom. The summed E-state index contributed by atoms with van der Waals surface area (Å²) in [4.78, 5) is 4.70. The predicted molar refractivity (Wildman–Crippen MR) is 88.0 cm³/mol. The first-order valence-corrected chi connectivity index (χ1v) is 8.93. The second-order valence-electron chi connectivity index (χ2n) is 5.11. The standard InChI is InChI=1S/C15H14N4O2S2/c1-19-8-16-18-15(19)23-7-11-6-22-14(17-11)5-10-2-3-12-13(4-10)21-9-20-12/h2-4,6,8H,5,7,9H2,1H3. The van der Waals surface area contributed by atoms with Crippen molar-refractivity contribution in [1.82, 2.24) is 19.7 Å². The fraction of sp³-hybridized carbons (Fsp3) is 0.267. The number of hydrogen-bond acceptors (Lipinski definition) is 7. The van der Waals surface area contributed by atoms with Gasteiger partial charge in [-0.2, -0.15) is 0 Å². The Kier molecular flexibility index (Phi) is 3.92. The molecule has 3 aromatic rings. The van der Waals surface area contributed by atoms with Crippen molar-refractivity contribution in [3.8, 4) is 11.5 Å². The average Bonchev–Trinajstić information content (AvgIpc) is 3.26. The molecule has 4 rings (SSSR count). The van der Waals surface area contributed by atoms with Crippen molar-refractivity contribution in [3.63, 3.8) is 0 Å². The lowest BCUT2D eigenvalue weighted by molar-refractivity contribution is 0.174. The highest BCUT2D eigenvalue weighted by Crippen LogP contribution is 2.33. The molecule has 0 saturated heterocycles. The molecule has 0 amide bonds. The van der Waals surface area contributed by atoms with Gasteiger partial charge < -0.3 is 14.0 Å². The molecule has 0 saturated carbocycles. The molecule has 0 fully saturated rings. The Morgan fingerprint density at radius 3 is 3.09 bits per heavy atom. The summed E-state index contributed by atoms with van der Waals surface area (Å²) in [7, 11) is 1.94. The molecule has 0 aliphatic carbocycles. The lowest BCUT2D eigenvalue weighted by atomic mass is 10.1. The molecule has 23 heavy (non-hydrogen) atoms.